The number of aromatic nitrogens is 2. The Morgan fingerprint density at radius 2 is 2.20 bits per heavy atom. The highest BCUT2D eigenvalue weighted by molar-refractivity contribution is 5.67. The fraction of sp³-hybridized carbons (Fsp3) is 0.750. The van der Waals surface area contributed by atoms with Gasteiger partial charge in [-0.05, 0) is 49.4 Å². The summed E-state index contributed by atoms with van der Waals surface area (Å²) in [7, 11) is 3.48. The lowest BCUT2D eigenvalue weighted by Crippen LogP contribution is -2.43. The molecule has 140 valence electrons. The van der Waals surface area contributed by atoms with Crippen LogP contribution in [0, 0.1) is 16.0 Å². The molecule has 1 fully saturated rings. The molecule has 1 saturated heterocycles. The first-order valence-corrected chi connectivity index (χ1v) is 8.43. The minimum atomic E-state index is -0.529. The predicted molar refractivity (Wildman–Crippen MR) is 93.7 cm³/mol. The molecular formula is C16H27N5O4. The molecule has 1 aromatic rings. The summed E-state index contributed by atoms with van der Waals surface area (Å²) in [5, 5.41) is 11.2. The second-order valence-corrected chi connectivity index (χ2v) is 7.57. The number of anilines is 1. The lowest BCUT2D eigenvalue weighted by molar-refractivity contribution is -0.388. The topological polar surface area (TPSA) is 93.7 Å². The lowest BCUT2D eigenvalue weighted by atomic mass is 9.97. The first kappa shape index (κ1) is 19.0. The van der Waals surface area contributed by atoms with Crippen LogP contribution >= 0.6 is 0 Å². The van der Waals surface area contributed by atoms with E-state index in [2.05, 4.69) is 4.98 Å². The number of hydrogen-bond acceptors (Lipinski definition) is 6. The number of carbonyl (C=O) groups excluding carboxylic acids is 1. The van der Waals surface area contributed by atoms with Gasteiger partial charge in [0.2, 0.25) is 12.1 Å². The summed E-state index contributed by atoms with van der Waals surface area (Å²) < 4.78 is 7.06. The second kappa shape index (κ2) is 7.28. The molecule has 2 heterocycles. The molecule has 0 unspecified atom stereocenters. The molecule has 2 rings (SSSR count). The fourth-order valence-electron chi connectivity index (χ4n) is 3.11. The molecule has 1 atom stereocenters. The molecule has 1 amide bonds. The van der Waals surface area contributed by atoms with Crippen molar-refractivity contribution >= 4 is 17.7 Å². The van der Waals surface area contributed by atoms with Gasteiger partial charge in [0.1, 0.15) is 5.60 Å². The van der Waals surface area contributed by atoms with Crippen LogP contribution in [-0.4, -0.2) is 57.8 Å². The Kier molecular flexibility index (Phi) is 5.54. The molecular weight excluding hydrogens is 326 g/mol. The van der Waals surface area contributed by atoms with Gasteiger partial charge in [-0.15, -0.1) is 0 Å². The summed E-state index contributed by atoms with van der Waals surface area (Å²) in [5.74, 6) is 0.624. The number of hydrogen-bond donors (Lipinski definition) is 0. The second-order valence-electron chi connectivity index (χ2n) is 7.57. The van der Waals surface area contributed by atoms with Gasteiger partial charge in [-0.1, -0.05) is 0 Å². The quantitative estimate of drug-likeness (QED) is 0.609. The van der Waals surface area contributed by atoms with Gasteiger partial charge in [0, 0.05) is 33.7 Å². The van der Waals surface area contributed by atoms with Crippen LogP contribution in [0.4, 0.5) is 16.4 Å². The van der Waals surface area contributed by atoms with Crippen molar-refractivity contribution < 1.29 is 14.5 Å². The Morgan fingerprint density at radius 3 is 2.80 bits per heavy atom. The van der Waals surface area contributed by atoms with E-state index >= 15 is 0 Å². The fourth-order valence-corrected chi connectivity index (χ4v) is 3.11. The Bertz CT molecular complexity index is 637. The van der Waals surface area contributed by atoms with Crippen LogP contribution in [0.25, 0.3) is 0 Å². The van der Waals surface area contributed by atoms with Crippen molar-refractivity contribution in [1.29, 1.82) is 0 Å². The van der Waals surface area contributed by atoms with Gasteiger partial charge in [0.15, 0.2) is 0 Å². The van der Waals surface area contributed by atoms with Crippen LogP contribution in [0.2, 0.25) is 0 Å². The molecule has 0 spiro atoms. The zero-order chi connectivity index (χ0) is 18.8. The average Bonchev–Trinajstić information content (AvgIpc) is 2.87. The maximum absolute atomic E-state index is 12.1. The van der Waals surface area contributed by atoms with Gasteiger partial charge < -0.3 is 24.7 Å². The highest BCUT2D eigenvalue weighted by Crippen LogP contribution is 2.30. The first-order chi connectivity index (χ1) is 11.6. The molecule has 9 nitrogen and oxygen atoms in total. The van der Waals surface area contributed by atoms with E-state index in [4.69, 9.17) is 4.74 Å². The van der Waals surface area contributed by atoms with Crippen molar-refractivity contribution in [3.8, 4) is 0 Å². The van der Waals surface area contributed by atoms with Crippen molar-refractivity contribution in [3.63, 3.8) is 0 Å². The van der Waals surface area contributed by atoms with E-state index in [0.29, 0.717) is 18.9 Å². The SMILES string of the molecule is CN(C[C@@H]1CCCN(c2c([N+](=O)[O-])ncn2C)C1)C(=O)OC(C)(C)C. The number of aryl methyl sites for hydroxylation is 1. The number of carbonyl (C=O) groups is 1. The summed E-state index contributed by atoms with van der Waals surface area (Å²) in [5.41, 5.74) is -0.529. The van der Waals surface area contributed by atoms with Crippen molar-refractivity contribution in [2.75, 3.05) is 31.6 Å². The van der Waals surface area contributed by atoms with E-state index in [9.17, 15) is 14.9 Å². The average molecular weight is 353 g/mol. The number of amides is 1. The van der Waals surface area contributed by atoms with E-state index < -0.39 is 10.5 Å². The molecule has 0 bridgehead atoms. The number of piperidine rings is 1. The van der Waals surface area contributed by atoms with E-state index in [-0.39, 0.29) is 17.8 Å². The van der Waals surface area contributed by atoms with Gasteiger partial charge in [-0.3, -0.25) is 4.57 Å². The Balaban J connectivity index is 2.03. The number of ether oxygens (including phenoxy) is 1. The molecule has 9 heteroatoms. The van der Waals surface area contributed by atoms with E-state index in [1.807, 2.05) is 25.7 Å². The molecule has 0 N–H and O–H groups in total. The van der Waals surface area contributed by atoms with Crippen molar-refractivity contribution in [3.05, 3.63) is 16.4 Å². The number of nitrogens with zero attached hydrogens (tertiary/aromatic N) is 5. The lowest BCUT2D eigenvalue weighted by Gasteiger charge is -2.35. The van der Waals surface area contributed by atoms with Crippen LogP contribution < -0.4 is 4.90 Å². The van der Waals surface area contributed by atoms with Gasteiger partial charge in [-0.2, -0.15) is 0 Å². The molecule has 0 aromatic carbocycles. The largest absolute Gasteiger partial charge is 0.444 e. The Morgan fingerprint density at radius 1 is 1.52 bits per heavy atom. The number of rotatable bonds is 4. The molecule has 1 aromatic heterocycles. The monoisotopic (exact) mass is 353 g/mol. The van der Waals surface area contributed by atoms with Crippen molar-refractivity contribution in [2.45, 2.75) is 39.2 Å². The van der Waals surface area contributed by atoms with Crippen LogP contribution in [0.3, 0.4) is 0 Å². The molecule has 0 radical (unpaired) electrons. The zero-order valence-electron chi connectivity index (χ0n) is 15.6. The van der Waals surface area contributed by atoms with Gasteiger partial charge in [0.25, 0.3) is 0 Å². The van der Waals surface area contributed by atoms with Gasteiger partial charge >= 0.3 is 11.9 Å². The molecule has 1 aliphatic rings. The highest BCUT2D eigenvalue weighted by atomic mass is 16.6. The minimum absolute atomic E-state index is 0.122. The summed E-state index contributed by atoms with van der Waals surface area (Å²) in [6.07, 6.45) is 2.99. The van der Waals surface area contributed by atoms with Crippen molar-refractivity contribution in [2.24, 2.45) is 13.0 Å². The van der Waals surface area contributed by atoms with Gasteiger partial charge in [-0.25, -0.2) is 4.79 Å². The van der Waals surface area contributed by atoms with E-state index in [0.717, 1.165) is 19.4 Å². The van der Waals surface area contributed by atoms with Crippen LogP contribution in [0.5, 0.6) is 0 Å². The third-order valence-electron chi connectivity index (χ3n) is 4.12. The number of nitro groups is 1. The summed E-state index contributed by atoms with van der Waals surface area (Å²) in [4.78, 5) is 30.3. The maximum atomic E-state index is 12.1. The van der Waals surface area contributed by atoms with Crippen LogP contribution in [0.1, 0.15) is 33.6 Å². The van der Waals surface area contributed by atoms with Crippen molar-refractivity contribution in [1.82, 2.24) is 14.5 Å². The highest BCUT2D eigenvalue weighted by Gasteiger charge is 2.31. The molecule has 0 saturated carbocycles. The normalized spacial score (nSPS) is 18.1. The molecule has 25 heavy (non-hydrogen) atoms. The Labute approximate surface area is 147 Å². The maximum Gasteiger partial charge on any atom is 0.410 e. The molecule has 1 aliphatic heterocycles. The summed E-state index contributed by atoms with van der Waals surface area (Å²) in [6, 6.07) is 0. The standard InChI is InChI=1S/C16H27N5O4/c1-16(2,3)25-15(22)18(4)9-12-7-6-8-20(10-12)14-13(21(23)24)17-11-19(14)5/h11-12H,6-10H2,1-5H3/t12-/m0/s1. The van der Waals surface area contributed by atoms with Crippen LogP contribution in [-0.2, 0) is 11.8 Å². The molecule has 0 aliphatic carbocycles. The predicted octanol–water partition coefficient (Wildman–Crippen LogP) is 2.41. The van der Waals surface area contributed by atoms with E-state index in [1.54, 1.807) is 23.6 Å². The third-order valence-corrected chi connectivity index (χ3v) is 4.12. The Hall–Kier alpha value is -2.32. The van der Waals surface area contributed by atoms with Gasteiger partial charge in [0.05, 0.1) is 0 Å². The smallest absolute Gasteiger partial charge is 0.410 e. The first-order valence-electron chi connectivity index (χ1n) is 8.43. The van der Waals surface area contributed by atoms with E-state index in [1.165, 1.54) is 6.33 Å². The van der Waals surface area contributed by atoms with Crippen LogP contribution in [0.15, 0.2) is 6.33 Å². The number of imidazole rings is 1. The minimum Gasteiger partial charge on any atom is -0.444 e. The zero-order valence-corrected chi connectivity index (χ0v) is 15.6. The third kappa shape index (κ3) is 4.83. The summed E-state index contributed by atoms with van der Waals surface area (Å²) >= 11 is 0. The summed E-state index contributed by atoms with van der Waals surface area (Å²) in [6.45, 7) is 7.45.